The molecule has 2 aromatic heterocycles. The highest BCUT2D eigenvalue weighted by Crippen LogP contribution is 2.30. The van der Waals surface area contributed by atoms with Gasteiger partial charge in [-0.3, -0.25) is 4.79 Å². The van der Waals surface area contributed by atoms with Gasteiger partial charge in [-0.25, -0.2) is 14.8 Å². The van der Waals surface area contributed by atoms with E-state index in [9.17, 15) is 9.59 Å². The zero-order chi connectivity index (χ0) is 24.2. The molecular weight excluding hydrogens is 440 g/mol. The molecule has 4 aromatic rings. The lowest BCUT2D eigenvalue weighted by Crippen LogP contribution is -2.50. The normalized spacial score (nSPS) is 13.6. The number of benzene rings is 2. The summed E-state index contributed by atoms with van der Waals surface area (Å²) in [5.74, 6) is 0.192. The van der Waals surface area contributed by atoms with E-state index in [1.54, 1.807) is 11.1 Å². The molecule has 1 aliphatic heterocycles. The number of hydrogen-bond donors (Lipinski definition) is 0. The molecule has 1 amide bonds. The number of ether oxygens (including phenoxy) is 1. The van der Waals surface area contributed by atoms with E-state index in [4.69, 9.17) is 9.72 Å². The van der Waals surface area contributed by atoms with E-state index in [1.807, 2.05) is 79.7 Å². The van der Waals surface area contributed by atoms with Gasteiger partial charge in [-0.05, 0) is 30.7 Å². The lowest BCUT2D eigenvalue weighted by atomic mass is 9.98. The SMILES string of the molecule is Cc1c(-c2ccccc2)nc2ccccc2c1C(=O)OCC(=O)N1CCN(c2ccccn2)CC1. The summed E-state index contributed by atoms with van der Waals surface area (Å²) in [7, 11) is 0. The number of nitrogens with zero attached hydrogens (tertiary/aromatic N) is 4. The van der Waals surface area contributed by atoms with E-state index in [0.717, 1.165) is 22.6 Å². The average molecular weight is 467 g/mol. The summed E-state index contributed by atoms with van der Waals surface area (Å²) in [4.78, 5) is 39.1. The summed E-state index contributed by atoms with van der Waals surface area (Å²) in [6.07, 6.45) is 1.76. The van der Waals surface area contributed by atoms with Crippen LogP contribution in [-0.4, -0.2) is 59.5 Å². The van der Waals surface area contributed by atoms with Gasteiger partial charge in [0.15, 0.2) is 6.61 Å². The molecule has 0 aliphatic carbocycles. The van der Waals surface area contributed by atoms with Crippen molar-refractivity contribution < 1.29 is 14.3 Å². The molecule has 1 fully saturated rings. The second kappa shape index (κ2) is 9.93. The van der Waals surface area contributed by atoms with Gasteiger partial charge in [-0.1, -0.05) is 54.6 Å². The molecule has 0 bridgehead atoms. The number of anilines is 1. The third-order valence-corrected chi connectivity index (χ3v) is 6.32. The Hall–Kier alpha value is -4.26. The van der Waals surface area contributed by atoms with Crippen LogP contribution in [0, 0.1) is 6.92 Å². The Bertz CT molecular complexity index is 1350. The van der Waals surface area contributed by atoms with Crippen LogP contribution in [0.4, 0.5) is 5.82 Å². The van der Waals surface area contributed by atoms with E-state index in [-0.39, 0.29) is 12.5 Å². The number of hydrogen-bond acceptors (Lipinski definition) is 6. The minimum absolute atomic E-state index is 0.196. The first-order chi connectivity index (χ1) is 17.1. The molecule has 7 nitrogen and oxygen atoms in total. The Morgan fingerprint density at radius 3 is 2.34 bits per heavy atom. The quantitative estimate of drug-likeness (QED) is 0.412. The number of para-hydroxylation sites is 1. The van der Waals surface area contributed by atoms with Crippen molar-refractivity contribution >= 4 is 28.6 Å². The summed E-state index contributed by atoms with van der Waals surface area (Å²) in [5, 5.41) is 0.714. The number of esters is 1. The van der Waals surface area contributed by atoms with E-state index in [1.165, 1.54) is 0 Å². The number of amides is 1. The van der Waals surface area contributed by atoms with Crippen molar-refractivity contribution in [2.45, 2.75) is 6.92 Å². The predicted molar refractivity (Wildman–Crippen MR) is 135 cm³/mol. The first kappa shape index (κ1) is 22.5. The number of piperazine rings is 1. The average Bonchev–Trinajstić information content (AvgIpc) is 2.92. The molecule has 0 radical (unpaired) electrons. The smallest absolute Gasteiger partial charge is 0.339 e. The maximum absolute atomic E-state index is 13.3. The standard InChI is InChI=1S/C28H26N4O3/c1-20-26(22-11-5-6-12-23(22)30-27(20)21-9-3-2-4-10-21)28(34)35-19-25(33)32-17-15-31(16-18-32)24-13-7-8-14-29-24/h2-14H,15-19H2,1H3. The molecule has 7 heteroatoms. The fraction of sp³-hybridized carbons (Fsp3) is 0.214. The molecule has 35 heavy (non-hydrogen) atoms. The second-order valence-electron chi connectivity index (χ2n) is 8.48. The highest BCUT2D eigenvalue weighted by Gasteiger charge is 2.25. The summed E-state index contributed by atoms with van der Waals surface area (Å²) in [5.41, 5.74) is 3.54. The Balaban J connectivity index is 1.30. The van der Waals surface area contributed by atoms with Gasteiger partial charge in [0.1, 0.15) is 5.82 Å². The van der Waals surface area contributed by atoms with Gasteiger partial charge in [0.2, 0.25) is 0 Å². The highest BCUT2D eigenvalue weighted by molar-refractivity contribution is 6.06. The monoisotopic (exact) mass is 466 g/mol. The van der Waals surface area contributed by atoms with Gasteiger partial charge in [-0.2, -0.15) is 0 Å². The Kier molecular flexibility index (Phi) is 6.39. The van der Waals surface area contributed by atoms with Gasteiger partial charge in [0.25, 0.3) is 5.91 Å². The highest BCUT2D eigenvalue weighted by atomic mass is 16.5. The van der Waals surface area contributed by atoms with Crippen molar-refractivity contribution in [3.63, 3.8) is 0 Å². The van der Waals surface area contributed by atoms with Crippen molar-refractivity contribution in [2.75, 3.05) is 37.7 Å². The third kappa shape index (κ3) is 4.71. The predicted octanol–water partition coefficient (Wildman–Crippen LogP) is 4.11. The van der Waals surface area contributed by atoms with E-state index >= 15 is 0 Å². The fourth-order valence-electron chi connectivity index (χ4n) is 4.46. The molecule has 0 N–H and O–H groups in total. The van der Waals surface area contributed by atoms with Crippen LogP contribution in [0.25, 0.3) is 22.2 Å². The lowest BCUT2D eigenvalue weighted by Gasteiger charge is -2.35. The molecule has 2 aromatic carbocycles. The van der Waals surface area contributed by atoms with E-state index in [2.05, 4.69) is 9.88 Å². The van der Waals surface area contributed by atoms with Crippen LogP contribution in [-0.2, 0) is 9.53 Å². The summed E-state index contributed by atoms with van der Waals surface area (Å²) in [6, 6.07) is 23.1. The molecule has 0 spiro atoms. The van der Waals surface area contributed by atoms with Gasteiger partial charge in [0, 0.05) is 43.3 Å². The number of fused-ring (bicyclic) bond motifs is 1. The summed E-state index contributed by atoms with van der Waals surface area (Å²) in [6.45, 7) is 4.07. The number of carbonyl (C=O) groups excluding carboxylic acids is 2. The van der Waals surface area contributed by atoms with E-state index < -0.39 is 5.97 Å². The topological polar surface area (TPSA) is 75.6 Å². The van der Waals surface area contributed by atoms with Gasteiger partial charge in [0.05, 0.1) is 16.8 Å². The summed E-state index contributed by atoms with van der Waals surface area (Å²) < 4.78 is 5.55. The Morgan fingerprint density at radius 2 is 1.60 bits per heavy atom. The minimum Gasteiger partial charge on any atom is -0.452 e. The van der Waals surface area contributed by atoms with Gasteiger partial charge < -0.3 is 14.5 Å². The van der Waals surface area contributed by atoms with Crippen molar-refractivity contribution in [2.24, 2.45) is 0 Å². The number of aromatic nitrogens is 2. The largest absolute Gasteiger partial charge is 0.452 e. The van der Waals surface area contributed by atoms with Crippen molar-refractivity contribution in [3.8, 4) is 11.3 Å². The molecule has 0 atom stereocenters. The van der Waals surface area contributed by atoms with Crippen molar-refractivity contribution in [3.05, 3.63) is 90.1 Å². The molecule has 3 heterocycles. The van der Waals surface area contributed by atoms with Crippen LogP contribution in [0.1, 0.15) is 15.9 Å². The maximum Gasteiger partial charge on any atom is 0.339 e. The number of pyridine rings is 2. The molecule has 176 valence electrons. The van der Waals surface area contributed by atoms with Crippen molar-refractivity contribution in [1.82, 2.24) is 14.9 Å². The lowest BCUT2D eigenvalue weighted by molar-refractivity contribution is -0.134. The van der Waals surface area contributed by atoms with Crippen LogP contribution < -0.4 is 4.90 Å². The van der Waals surface area contributed by atoms with Crippen LogP contribution >= 0.6 is 0 Å². The fourth-order valence-corrected chi connectivity index (χ4v) is 4.46. The summed E-state index contributed by atoms with van der Waals surface area (Å²) >= 11 is 0. The number of carbonyl (C=O) groups is 2. The van der Waals surface area contributed by atoms with Crippen LogP contribution in [0.3, 0.4) is 0 Å². The van der Waals surface area contributed by atoms with Crippen LogP contribution in [0.2, 0.25) is 0 Å². The molecule has 5 rings (SSSR count). The van der Waals surface area contributed by atoms with Gasteiger partial charge in [-0.15, -0.1) is 0 Å². The molecular formula is C28H26N4O3. The third-order valence-electron chi connectivity index (χ3n) is 6.32. The number of rotatable bonds is 5. The molecule has 1 saturated heterocycles. The zero-order valence-electron chi connectivity index (χ0n) is 19.6. The van der Waals surface area contributed by atoms with E-state index in [0.29, 0.717) is 42.6 Å². The Morgan fingerprint density at radius 1 is 0.886 bits per heavy atom. The van der Waals surface area contributed by atoms with Crippen LogP contribution in [0.15, 0.2) is 79.0 Å². The van der Waals surface area contributed by atoms with Crippen LogP contribution in [0.5, 0.6) is 0 Å². The molecule has 0 unspecified atom stereocenters. The zero-order valence-corrected chi connectivity index (χ0v) is 19.6. The molecule has 1 aliphatic rings. The van der Waals surface area contributed by atoms with Gasteiger partial charge >= 0.3 is 5.97 Å². The maximum atomic E-state index is 13.3. The van der Waals surface area contributed by atoms with Crippen molar-refractivity contribution in [1.29, 1.82) is 0 Å². The minimum atomic E-state index is -0.515. The first-order valence-corrected chi connectivity index (χ1v) is 11.7. The Labute approximate surface area is 204 Å². The molecule has 0 saturated carbocycles. The first-order valence-electron chi connectivity index (χ1n) is 11.7. The second-order valence-corrected chi connectivity index (χ2v) is 8.48.